The van der Waals surface area contributed by atoms with Crippen LogP contribution in [0.1, 0.15) is 18.1 Å². The summed E-state index contributed by atoms with van der Waals surface area (Å²) in [7, 11) is 1.39. The molecule has 0 heterocycles. The van der Waals surface area contributed by atoms with Gasteiger partial charge in [0.2, 0.25) is 0 Å². The van der Waals surface area contributed by atoms with Crippen molar-refractivity contribution >= 4 is 17.6 Å². The van der Waals surface area contributed by atoms with Gasteiger partial charge in [-0.05, 0) is 38.0 Å². The first-order valence-corrected chi connectivity index (χ1v) is 6.15. The van der Waals surface area contributed by atoms with E-state index in [2.05, 4.69) is 15.8 Å². The lowest BCUT2D eigenvalue weighted by Crippen LogP contribution is -2.27. The van der Waals surface area contributed by atoms with Crippen LogP contribution in [-0.4, -0.2) is 36.7 Å². The molecule has 0 aromatic heterocycles. The molecule has 0 saturated carbocycles. The average molecular weight is 282 g/mol. The molecule has 0 aliphatic carbocycles. The molecule has 0 spiro atoms. The van der Waals surface area contributed by atoms with Crippen molar-refractivity contribution in [3.63, 3.8) is 0 Å². The van der Waals surface area contributed by atoms with Crippen molar-refractivity contribution in [3.05, 3.63) is 29.3 Å². The van der Waals surface area contributed by atoms with Crippen LogP contribution in [0.5, 0.6) is 0 Å². The van der Waals surface area contributed by atoms with Gasteiger partial charge in [0, 0.05) is 5.69 Å². The molecule has 0 bridgehead atoms. The number of methoxy groups -OCH3 is 1. The monoisotopic (exact) mass is 282 g/mol. The van der Waals surface area contributed by atoms with Gasteiger partial charge in [0.25, 0.3) is 0 Å². The number of esters is 1. The predicted molar refractivity (Wildman–Crippen MR) is 77.7 cm³/mol. The topological polar surface area (TPSA) is 102 Å². The van der Waals surface area contributed by atoms with Gasteiger partial charge < -0.3 is 20.9 Å². The number of carboxylic acid groups (broad SMARTS) is 1. The highest BCUT2D eigenvalue weighted by molar-refractivity contribution is 5.79. The second kappa shape index (κ2) is 8.92. The number of nitrogens with one attached hydrogen (secondary N) is 1. The van der Waals surface area contributed by atoms with Crippen molar-refractivity contribution in [1.29, 1.82) is 0 Å². The molecule has 1 rings (SSSR count). The van der Waals surface area contributed by atoms with Gasteiger partial charge in [-0.15, -0.1) is 0 Å². The zero-order valence-corrected chi connectivity index (χ0v) is 12.3. The zero-order chi connectivity index (χ0) is 15.7. The molecule has 1 atom stereocenters. The summed E-state index contributed by atoms with van der Waals surface area (Å²) >= 11 is 0. The highest BCUT2D eigenvalue weighted by atomic mass is 16.5. The smallest absolute Gasteiger partial charge is 0.327 e. The number of anilines is 1. The molecule has 20 heavy (non-hydrogen) atoms. The van der Waals surface area contributed by atoms with Crippen LogP contribution in [0.4, 0.5) is 5.69 Å². The van der Waals surface area contributed by atoms with E-state index in [4.69, 9.17) is 5.11 Å². The van der Waals surface area contributed by atoms with Gasteiger partial charge in [-0.25, -0.2) is 4.79 Å². The summed E-state index contributed by atoms with van der Waals surface area (Å²) in [6.45, 7) is 5.53. The predicted octanol–water partition coefficient (Wildman–Crippen LogP) is 1.31. The number of carbonyl (C=O) groups excluding carboxylic acids is 1. The van der Waals surface area contributed by atoms with Crippen LogP contribution in [0.25, 0.3) is 0 Å². The van der Waals surface area contributed by atoms with E-state index in [1.165, 1.54) is 12.7 Å². The highest BCUT2D eigenvalue weighted by Crippen LogP contribution is 2.17. The Morgan fingerprint density at radius 1 is 1.40 bits per heavy atom. The molecule has 0 aliphatic rings. The quantitative estimate of drug-likeness (QED) is 0.720. The first-order chi connectivity index (χ1) is 9.31. The molecule has 4 N–H and O–H groups in total. The van der Waals surface area contributed by atoms with Crippen LogP contribution in [0.15, 0.2) is 18.2 Å². The Labute approximate surface area is 118 Å². The first-order valence-electron chi connectivity index (χ1n) is 6.15. The summed E-state index contributed by atoms with van der Waals surface area (Å²) in [5.41, 5.74) is 7.84. The van der Waals surface area contributed by atoms with Gasteiger partial charge in [-0.3, -0.25) is 4.79 Å². The molecule has 0 aliphatic heterocycles. The third kappa shape index (κ3) is 6.75. The van der Waals surface area contributed by atoms with Crippen LogP contribution < -0.4 is 11.1 Å². The second-order valence-electron chi connectivity index (χ2n) is 4.31. The normalized spacial score (nSPS) is 10.8. The van der Waals surface area contributed by atoms with Crippen molar-refractivity contribution in [1.82, 2.24) is 0 Å². The third-order valence-electron chi connectivity index (χ3n) is 2.49. The van der Waals surface area contributed by atoms with Crippen LogP contribution >= 0.6 is 0 Å². The SMILES string of the molecule is COC(=O)[C@H](C)Nc1cc(C)ccc1C.NCC(=O)O. The largest absolute Gasteiger partial charge is 0.480 e. The zero-order valence-electron chi connectivity index (χ0n) is 12.3. The van der Waals surface area contributed by atoms with Crippen molar-refractivity contribution in [2.24, 2.45) is 5.73 Å². The summed E-state index contributed by atoms with van der Waals surface area (Å²) in [6, 6.07) is 5.77. The first kappa shape index (κ1) is 17.9. The highest BCUT2D eigenvalue weighted by Gasteiger charge is 2.13. The lowest BCUT2D eigenvalue weighted by Gasteiger charge is -2.15. The van der Waals surface area contributed by atoms with E-state index in [0.717, 1.165) is 11.3 Å². The third-order valence-corrected chi connectivity index (χ3v) is 2.49. The molecule has 0 unspecified atom stereocenters. The van der Waals surface area contributed by atoms with E-state index >= 15 is 0 Å². The van der Waals surface area contributed by atoms with E-state index in [9.17, 15) is 9.59 Å². The number of benzene rings is 1. The van der Waals surface area contributed by atoms with E-state index in [0.29, 0.717) is 0 Å². The molecule has 0 fully saturated rings. The Kier molecular flexibility index (Phi) is 8.00. The minimum Gasteiger partial charge on any atom is -0.480 e. The number of ether oxygens (including phenoxy) is 1. The molecule has 112 valence electrons. The standard InChI is InChI=1S/C12H17NO2.C2H5NO2/c1-8-5-6-9(2)11(7-8)13-10(3)12(14)15-4;3-1-2(4)5/h5-7,10,13H,1-4H3;1,3H2,(H,4,5)/t10-;/m0./s1. The number of hydrogen-bond acceptors (Lipinski definition) is 5. The van der Waals surface area contributed by atoms with Crippen LogP contribution in [0, 0.1) is 13.8 Å². The van der Waals surface area contributed by atoms with Gasteiger partial charge >= 0.3 is 11.9 Å². The van der Waals surface area contributed by atoms with Crippen molar-refractivity contribution in [2.75, 3.05) is 19.0 Å². The molecule has 1 aromatic carbocycles. The van der Waals surface area contributed by atoms with Crippen LogP contribution in [0.2, 0.25) is 0 Å². The molecule has 6 nitrogen and oxygen atoms in total. The minimum atomic E-state index is -0.968. The lowest BCUT2D eigenvalue weighted by atomic mass is 10.1. The van der Waals surface area contributed by atoms with Gasteiger partial charge in [0.05, 0.1) is 13.7 Å². The molecule has 0 saturated heterocycles. The van der Waals surface area contributed by atoms with Crippen molar-refractivity contribution in [2.45, 2.75) is 26.8 Å². The van der Waals surface area contributed by atoms with Gasteiger partial charge in [-0.1, -0.05) is 12.1 Å². The Morgan fingerprint density at radius 3 is 2.40 bits per heavy atom. The molecule has 1 aromatic rings. The van der Waals surface area contributed by atoms with Crippen LogP contribution in [0.3, 0.4) is 0 Å². The van der Waals surface area contributed by atoms with Crippen LogP contribution in [-0.2, 0) is 14.3 Å². The van der Waals surface area contributed by atoms with Crippen molar-refractivity contribution in [3.8, 4) is 0 Å². The number of hydrogen-bond donors (Lipinski definition) is 3. The van der Waals surface area contributed by atoms with E-state index in [1.807, 2.05) is 32.0 Å². The second-order valence-corrected chi connectivity index (χ2v) is 4.31. The van der Waals surface area contributed by atoms with Crippen molar-refractivity contribution < 1.29 is 19.4 Å². The van der Waals surface area contributed by atoms with Gasteiger partial charge in [-0.2, -0.15) is 0 Å². The van der Waals surface area contributed by atoms with E-state index < -0.39 is 5.97 Å². The Balaban J connectivity index is 0.000000621. The fourth-order valence-electron chi connectivity index (χ4n) is 1.36. The Hall–Kier alpha value is -2.08. The fourth-order valence-corrected chi connectivity index (χ4v) is 1.36. The molecular weight excluding hydrogens is 260 g/mol. The summed E-state index contributed by atoms with van der Waals surface area (Å²) in [4.78, 5) is 20.5. The summed E-state index contributed by atoms with van der Waals surface area (Å²) in [5, 5.41) is 10.7. The Bertz CT molecular complexity index is 460. The molecule has 0 amide bonds. The Morgan fingerprint density at radius 2 is 1.95 bits per heavy atom. The number of rotatable bonds is 4. The maximum Gasteiger partial charge on any atom is 0.327 e. The average Bonchev–Trinajstić information content (AvgIpc) is 2.42. The number of aryl methyl sites for hydroxylation is 2. The maximum absolute atomic E-state index is 11.2. The number of carbonyl (C=O) groups is 2. The summed E-state index contributed by atoms with van der Waals surface area (Å²) in [5.74, 6) is -1.22. The van der Waals surface area contributed by atoms with Gasteiger partial charge in [0.15, 0.2) is 0 Å². The maximum atomic E-state index is 11.2. The molecule has 6 heteroatoms. The summed E-state index contributed by atoms with van der Waals surface area (Å²) in [6.07, 6.45) is 0. The number of nitrogens with two attached hydrogens (primary N) is 1. The number of aliphatic carboxylic acids is 1. The lowest BCUT2D eigenvalue weighted by molar-refractivity contribution is -0.141. The molecular formula is C14H22N2O4. The fraction of sp³-hybridized carbons (Fsp3) is 0.429. The minimum absolute atomic E-state index is 0.254. The van der Waals surface area contributed by atoms with Gasteiger partial charge in [0.1, 0.15) is 6.04 Å². The van der Waals surface area contributed by atoms with E-state index in [1.54, 1.807) is 6.92 Å². The summed E-state index contributed by atoms with van der Waals surface area (Å²) < 4.78 is 4.65. The number of carboxylic acids is 1. The van der Waals surface area contributed by atoms with E-state index in [-0.39, 0.29) is 18.6 Å². The molecule has 0 radical (unpaired) electrons.